The van der Waals surface area contributed by atoms with E-state index in [-0.39, 0.29) is 12.8 Å². The molecule has 0 fully saturated rings. The summed E-state index contributed by atoms with van der Waals surface area (Å²) in [7, 11) is 0. The Morgan fingerprint density at radius 2 is 0.944 bits per heavy atom. The molecule has 0 spiro atoms. The van der Waals surface area contributed by atoms with Gasteiger partial charge in [-0.1, -0.05) is 13.8 Å². The number of rotatable bonds is 6. The first-order valence-corrected chi connectivity index (χ1v) is 4.97. The summed E-state index contributed by atoms with van der Waals surface area (Å²) >= 11 is 0. The summed E-state index contributed by atoms with van der Waals surface area (Å²) in [5, 5.41) is 32.5. The molecule has 0 amide bonds. The van der Waals surface area contributed by atoms with Crippen molar-refractivity contribution in [2.75, 3.05) is 0 Å². The van der Waals surface area contributed by atoms with Crippen LogP contribution in [0, 0.1) is 11.8 Å². The number of aliphatic carboxylic acids is 4. The van der Waals surface area contributed by atoms with Gasteiger partial charge in [-0.25, -0.2) is 0 Å². The molecule has 0 heterocycles. The summed E-state index contributed by atoms with van der Waals surface area (Å²) in [6.07, 6.45) is -0.620. The van der Waals surface area contributed by atoms with Crippen molar-refractivity contribution in [2.24, 2.45) is 11.8 Å². The van der Waals surface area contributed by atoms with Crippen molar-refractivity contribution >= 4 is 23.9 Å². The van der Waals surface area contributed by atoms with Crippen LogP contribution in [-0.2, 0) is 19.2 Å². The molecule has 2 atom stereocenters. The van der Waals surface area contributed by atoms with E-state index in [4.69, 9.17) is 20.4 Å². The molecule has 8 nitrogen and oxygen atoms in total. The highest BCUT2D eigenvalue weighted by Crippen LogP contribution is 2.00. The van der Waals surface area contributed by atoms with Crippen LogP contribution < -0.4 is 0 Å². The van der Waals surface area contributed by atoms with Gasteiger partial charge >= 0.3 is 23.9 Å². The van der Waals surface area contributed by atoms with Gasteiger partial charge in [-0.2, -0.15) is 0 Å². The summed E-state index contributed by atoms with van der Waals surface area (Å²) in [5.41, 5.74) is 0. The molecule has 0 saturated carbocycles. The standard InChI is InChI=1S/2C5H8O4/c2*1-3(5(8)9)2-4(6)7/h2*3H,2H2,1H3,(H,6,7)(H,8,9). The number of hydrogen-bond donors (Lipinski definition) is 4. The van der Waals surface area contributed by atoms with Crippen molar-refractivity contribution in [1.82, 2.24) is 0 Å². The van der Waals surface area contributed by atoms with Crippen molar-refractivity contribution in [1.29, 1.82) is 0 Å². The van der Waals surface area contributed by atoms with E-state index in [9.17, 15) is 19.2 Å². The molecule has 4 N–H and O–H groups in total. The molecule has 0 radical (unpaired) electrons. The zero-order valence-electron chi connectivity index (χ0n) is 9.99. The lowest BCUT2D eigenvalue weighted by molar-refractivity contribution is -0.147. The van der Waals surface area contributed by atoms with E-state index in [0.29, 0.717) is 0 Å². The molecule has 0 aromatic carbocycles. The number of carboxylic acid groups (broad SMARTS) is 4. The van der Waals surface area contributed by atoms with E-state index >= 15 is 0 Å². The summed E-state index contributed by atoms with van der Waals surface area (Å²) in [6.45, 7) is 2.72. The lowest BCUT2D eigenvalue weighted by atomic mass is 10.1. The van der Waals surface area contributed by atoms with Crippen LogP contribution >= 0.6 is 0 Å². The van der Waals surface area contributed by atoms with E-state index in [2.05, 4.69) is 0 Å². The minimum absolute atomic E-state index is 0.310. The molecule has 0 aliphatic rings. The Hall–Kier alpha value is -2.12. The van der Waals surface area contributed by atoms with Crippen LogP contribution in [0.2, 0.25) is 0 Å². The molecule has 2 unspecified atom stereocenters. The van der Waals surface area contributed by atoms with Crippen LogP contribution in [0.4, 0.5) is 0 Å². The SMILES string of the molecule is CC(CC(=O)O)C(=O)O.CC(CC(=O)O)C(=O)O. The minimum Gasteiger partial charge on any atom is -0.481 e. The molecule has 0 aromatic heterocycles. The molecule has 0 aromatic rings. The Labute approximate surface area is 103 Å². The first-order valence-electron chi connectivity index (χ1n) is 4.97. The van der Waals surface area contributed by atoms with Crippen LogP contribution in [0.3, 0.4) is 0 Å². The van der Waals surface area contributed by atoms with Crippen LogP contribution in [0.1, 0.15) is 26.7 Å². The van der Waals surface area contributed by atoms with Crippen molar-refractivity contribution < 1.29 is 39.6 Å². The Balaban J connectivity index is 0. The van der Waals surface area contributed by atoms with Gasteiger partial charge in [0.2, 0.25) is 0 Å². The van der Waals surface area contributed by atoms with Gasteiger partial charge in [-0.3, -0.25) is 19.2 Å². The van der Waals surface area contributed by atoms with Crippen molar-refractivity contribution in [3.63, 3.8) is 0 Å². The van der Waals surface area contributed by atoms with Crippen molar-refractivity contribution in [3.05, 3.63) is 0 Å². The summed E-state index contributed by atoms with van der Waals surface area (Å²) < 4.78 is 0. The fraction of sp³-hybridized carbons (Fsp3) is 0.600. The zero-order chi connectivity index (χ0) is 14.9. The highest BCUT2D eigenvalue weighted by Gasteiger charge is 2.14. The third-order valence-electron chi connectivity index (χ3n) is 1.80. The molecule has 0 aliphatic carbocycles. The predicted molar refractivity (Wildman–Crippen MR) is 58.1 cm³/mol. The van der Waals surface area contributed by atoms with E-state index < -0.39 is 35.7 Å². The first kappa shape index (κ1) is 18.3. The van der Waals surface area contributed by atoms with E-state index in [0.717, 1.165) is 0 Å². The fourth-order valence-electron chi connectivity index (χ4n) is 0.698. The fourth-order valence-corrected chi connectivity index (χ4v) is 0.698. The number of hydrogen-bond acceptors (Lipinski definition) is 4. The Morgan fingerprint density at radius 1 is 0.722 bits per heavy atom. The van der Waals surface area contributed by atoms with Gasteiger partial charge in [0.15, 0.2) is 0 Å². The van der Waals surface area contributed by atoms with Crippen LogP contribution in [0.15, 0.2) is 0 Å². The monoisotopic (exact) mass is 264 g/mol. The third kappa shape index (κ3) is 12.0. The quantitative estimate of drug-likeness (QED) is 0.537. The van der Waals surface area contributed by atoms with Crippen LogP contribution in [0.25, 0.3) is 0 Å². The average molecular weight is 264 g/mol. The van der Waals surface area contributed by atoms with E-state index in [1.807, 2.05) is 0 Å². The van der Waals surface area contributed by atoms with Gasteiger partial charge < -0.3 is 20.4 Å². The molecule has 0 bridgehead atoms. The summed E-state index contributed by atoms with van der Waals surface area (Å²) in [4.78, 5) is 39.6. The van der Waals surface area contributed by atoms with Gasteiger partial charge in [-0.05, 0) is 0 Å². The molecular formula is C10H16O8. The topological polar surface area (TPSA) is 149 Å². The molecule has 104 valence electrons. The first-order chi connectivity index (χ1) is 8.07. The van der Waals surface area contributed by atoms with Gasteiger partial charge in [-0.15, -0.1) is 0 Å². The van der Waals surface area contributed by atoms with E-state index in [1.54, 1.807) is 0 Å². The Morgan fingerprint density at radius 3 is 1.00 bits per heavy atom. The smallest absolute Gasteiger partial charge is 0.306 e. The Kier molecular flexibility index (Phi) is 9.09. The van der Waals surface area contributed by atoms with Crippen molar-refractivity contribution in [3.8, 4) is 0 Å². The largest absolute Gasteiger partial charge is 0.481 e. The molecular weight excluding hydrogens is 248 g/mol. The second kappa shape index (κ2) is 8.97. The highest BCUT2D eigenvalue weighted by molar-refractivity contribution is 5.77. The lowest BCUT2D eigenvalue weighted by Crippen LogP contribution is -2.13. The molecule has 0 aliphatic heterocycles. The number of carbonyl (C=O) groups is 4. The summed E-state index contributed by atoms with van der Waals surface area (Å²) in [6, 6.07) is 0. The van der Waals surface area contributed by atoms with E-state index in [1.165, 1.54) is 13.8 Å². The third-order valence-corrected chi connectivity index (χ3v) is 1.80. The minimum atomic E-state index is -1.08. The maximum Gasteiger partial charge on any atom is 0.306 e. The highest BCUT2D eigenvalue weighted by atomic mass is 16.4. The van der Waals surface area contributed by atoms with Gasteiger partial charge in [0.25, 0.3) is 0 Å². The van der Waals surface area contributed by atoms with Crippen molar-refractivity contribution in [2.45, 2.75) is 26.7 Å². The van der Waals surface area contributed by atoms with Gasteiger partial charge in [0.1, 0.15) is 0 Å². The second-order valence-corrected chi connectivity index (χ2v) is 3.67. The maximum absolute atomic E-state index is 9.97. The molecule has 8 heteroatoms. The van der Waals surface area contributed by atoms with Gasteiger partial charge in [0, 0.05) is 0 Å². The predicted octanol–water partition coefficient (Wildman–Crippen LogP) is 0.364. The molecule has 18 heavy (non-hydrogen) atoms. The summed E-state index contributed by atoms with van der Waals surface area (Å²) in [5.74, 6) is -5.88. The van der Waals surface area contributed by atoms with Gasteiger partial charge in [0.05, 0.1) is 24.7 Å². The lowest BCUT2D eigenvalue weighted by Gasteiger charge is -1.98. The average Bonchev–Trinajstić information content (AvgIpc) is 2.16. The normalized spacial score (nSPS) is 12.6. The van der Waals surface area contributed by atoms with Crippen LogP contribution in [-0.4, -0.2) is 44.3 Å². The van der Waals surface area contributed by atoms with Crippen LogP contribution in [0.5, 0.6) is 0 Å². The Bertz CT molecular complexity index is 290. The zero-order valence-corrected chi connectivity index (χ0v) is 9.99. The molecule has 0 saturated heterocycles. The second-order valence-electron chi connectivity index (χ2n) is 3.67. The number of carboxylic acids is 4. The molecule has 0 rings (SSSR count). The maximum atomic E-state index is 9.97.